The van der Waals surface area contributed by atoms with Crippen LogP contribution in [0.5, 0.6) is 0 Å². The highest BCUT2D eigenvalue weighted by atomic mass is 15.4. The SMILES string of the molecule is CCCn1nncc1NCc1c(C)nn(C)c1C. The van der Waals surface area contributed by atoms with Crippen molar-refractivity contribution in [2.75, 3.05) is 5.32 Å². The normalized spacial score (nSPS) is 10.9. The molecule has 0 aliphatic carbocycles. The van der Waals surface area contributed by atoms with Gasteiger partial charge >= 0.3 is 0 Å². The van der Waals surface area contributed by atoms with Crippen LogP contribution < -0.4 is 5.32 Å². The molecule has 6 nitrogen and oxygen atoms in total. The second-order valence-corrected chi connectivity index (χ2v) is 4.47. The lowest BCUT2D eigenvalue weighted by Gasteiger charge is -2.08. The van der Waals surface area contributed by atoms with Gasteiger partial charge in [0.25, 0.3) is 0 Å². The monoisotopic (exact) mass is 248 g/mol. The van der Waals surface area contributed by atoms with Crippen LogP contribution in [-0.2, 0) is 20.1 Å². The highest BCUT2D eigenvalue weighted by Gasteiger charge is 2.10. The van der Waals surface area contributed by atoms with Crippen molar-refractivity contribution in [2.24, 2.45) is 7.05 Å². The van der Waals surface area contributed by atoms with Crippen LogP contribution in [0.25, 0.3) is 0 Å². The molecule has 0 saturated heterocycles. The summed E-state index contributed by atoms with van der Waals surface area (Å²) in [4.78, 5) is 0. The molecule has 18 heavy (non-hydrogen) atoms. The second-order valence-electron chi connectivity index (χ2n) is 4.47. The van der Waals surface area contributed by atoms with E-state index in [4.69, 9.17) is 0 Å². The average Bonchev–Trinajstić information content (AvgIpc) is 2.85. The Morgan fingerprint density at radius 2 is 2.11 bits per heavy atom. The number of hydrogen-bond acceptors (Lipinski definition) is 4. The fourth-order valence-electron chi connectivity index (χ4n) is 2.02. The Morgan fingerprint density at radius 1 is 1.33 bits per heavy atom. The van der Waals surface area contributed by atoms with Crippen LogP contribution in [0.3, 0.4) is 0 Å². The van der Waals surface area contributed by atoms with Gasteiger partial charge in [0.05, 0.1) is 11.9 Å². The first-order valence-electron chi connectivity index (χ1n) is 6.25. The van der Waals surface area contributed by atoms with Gasteiger partial charge in [0, 0.05) is 31.4 Å². The van der Waals surface area contributed by atoms with Crippen LogP contribution >= 0.6 is 0 Å². The number of nitrogens with one attached hydrogen (secondary N) is 1. The van der Waals surface area contributed by atoms with Gasteiger partial charge in [0.15, 0.2) is 0 Å². The standard InChI is InChI=1S/C12H20N6/c1-5-6-18-12(8-14-16-18)13-7-11-9(2)15-17(4)10(11)3/h8,13H,5-7H2,1-4H3. The van der Waals surface area contributed by atoms with E-state index in [1.54, 1.807) is 6.20 Å². The topological polar surface area (TPSA) is 60.6 Å². The molecule has 0 aliphatic heterocycles. The van der Waals surface area contributed by atoms with Crippen LogP contribution in [0.15, 0.2) is 6.20 Å². The number of anilines is 1. The van der Waals surface area contributed by atoms with E-state index in [-0.39, 0.29) is 0 Å². The quantitative estimate of drug-likeness (QED) is 0.874. The van der Waals surface area contributed by atoms with Crippen LogP contribution in [-0.4, -0.2) is 24.8 Å². The predicted molar refractivity (Wildman–Crippen MR) is 70.3 cm³/mol. The third kappa shape index (κ3) is 2.37. The Morgan fingerprint density at radius 3 is 2.72 bits per heavy atom. The lowest BCUT2D eigenvalue weighted by Crippen LogP contribution is -2.09. The number of rotatable bonds is 5. The number of aryl methyl sites for hydroxylation is 3. The fourth-order valence-corrected chi connectivity index (χ4v) is 2.02. The molecule has 0 saturated carbocycles. The zero-order valence-electron chi connectivity index (χ0n) is 11.4. The highest BCUT2D eigenvalue weighted by molar-refractivity contribution is 5.35. The summed E-state index contributed by atoms with van der Waals surface area (Å²) in [6.07, 6.45) is 2.81. The van der Waals surface area contributed by atoms with Crippen molar-refractivity contribution < 1.29 is 0 Å². The van der Waals surface area contributed by atoms with E-state index in [1.807, 2.05) is 23.3 Å². The first-order valence-corrected chi connectivity index (χ1v) is 6.25. The molecule has 0 radical (unpaired) electrons. The maximum absolute atomic E-state index is 4.41. The van der Waals surface area contributed by atoms with E-state index in [0.717, 1.165) is 31.0 Å². The summed E-state index contributed by atoms with van der Waals surface area (Å²) >= 11 is 0. The van der Waals surface area contributed by atoms with E-state index in [9.17, 15) is 0 Å². The van der Waals surface area contributed by atoms with Crippen molar-refractivity contribution >= 4 is 5.82 Å². The van der Waals surface area contributed by atoms with Gasteiger partial charge in [-0.1, -0.05) is 12.1 Å². The van der Waals surface area contributed by atoms with Crippen LogP contribution in [0.1, 0.15) is 30.3 Å². The molecule has 6 heteroatoms. The molecule has 0 aliphatic rings. The Kier molecular flexibility index (Phi) is 3.64. The summed E-state index contributed by atoms with van der Waals surface area (Å²) in [5, 5.41) is 15.8. The Labute approximate surface area is 107 Å². The van der Waals surface area contributed by atoms with Gasteiger partial charge in [-0.15, -0.1) is 5.10 Å². The van der Waals surface area contributed by atoms with Crippen molar-refractivity contribution in [3.05, 3.63) is 23.1 Å². The van der Waals surface area contributed by atoms with Gasteiger partial charge < -0.3 is 5.32 Å². The molecule has 0 amide bonds. The Balaban J connectivity index is 2.09. The minimum atomic E-state index is 0.753. The molecule has 0 spiro atoms. The molecule has 0 aromatic carbocycles. The first kappa shape index (κ1) is 12.6. The van der Waals surface area contributed by atoms with Crippen LogP contribution in [0.4, 0.5) is 5.82 Å². The lowest BCUT2D eigenvalue weighted by atomic mass is 10.2. The molecular weight excluding hydrogens is 228 g/mol. The van der Waals surface area contributed by atoms with Gasteiger partial charge in [-0.05, 0) is 20.3 Å². The third-order valence-corrected chi connectivity index (χ3v) is 3.16. The fraction of sp³-hybridized carbons (Fsp3) is 0.583. The molecule has 0 bridgehead atoms. The van der Waals surface area contributed by atoms with Crippen molar-refractivity contribution in [1.82, 2.24) is 24.8 Å². The van der Waals surface area contributed by atoms with Gasteiger partial charge in [-0.3, -0.25) is 4.68 Å². The molecule has 2 rings (SSSR count). The maximum atomic E-state index is 4.41. The average molecular weight is 248 g/mol. The van der Waals surface area contributed by atoms with Gasteiger partial charge in [0.2, 0.25) is 0 Å². The lowest BCUT2D eigenvalue weighted by molar-refractivity contribution is 0.583. The van der Waals surface area contributed by atoms with Crippen molar-refractivity contribution in [3.8, 4) is 0 Å². The van der Waals surface area contributed by atoms with Gasteiger partial charge in [-0.25, -0.2) is 4.68 Å². The Bertz CT molecular complexity index is 525. The molecule has 2 aromatic heterocycles. The molecule has 2 heterocycles. The summed E-state index contributed by atoms with van der Waals surface area (Å²) in [5.41, 5.74) is 3.49. The summed E-state index contributed by atoms with van der Waals surface area (Å²) < 4.78 is 3.80. The first-order chi connectivity index (χ1) is 8.63. The van der Waals surface area contributed by atoms with Crippen molar-refractivity contribution in [1.29, 1.82) is 0 Å². The molecule has 0 fully saturated rings. The van der Waals surface area contributed by atoms with E-state index >= 15 is 0 Å². The van der Waals surface area contributed by atoms with Gasteiger partial charge in [-0.2, -0.15) is 5.10 Å². The smallest absolute Gasteiger partial charge is 0.145 e. The zero-order valence-corrected chi connectivity index (χ0v) is 11.4. The second kappa shape index (κ2) is 5.20. The van der Waals surface area contributed by atoms with Crippen LogP contribution in [0, 0.1) is 13.8 Å². The van der Waals surface area contributed by atoms with E-state index in [2.05, 4.69) is 34.6 Å². The van der Waals surface area contributed by atoms with Crippen LogP contribution in [0.2, 0.25) is 0 Å². The molecular formula is C12H20N6. The largest absolute Gasteiger partial charge is 0.365 e. The minimum absolute atomic E-state index is 0.753. The molecule has 0 unspecified atom stereocenters. The third-order valence-electron chi connectivity index (χ3n) is 3.16. The Hall–Kier alpha value is -1.85. The highest BCUT2D eigenvalue weighted by Crippen LogP contribution is 2.14. The summed E-state index contributed by atoms with van der Waals surface area (Å²) in [6, 6.07) is 0. The van der Waals surface area contributed by atoms with Gasteiger partial charge in [0.1, 0.15) is 5.82 Å². The molecule has 98 valence electrons. The number of aromatic nitrogens is 5. The minimum Gasteiger partial charge on any atom is -0.365 e. The summed E-state index contributed by atoms with van der Waals surface area (Å²) in [7, 11) is 1.97. The van der Waals surface area contributed by atoms with E-state index in [1.165, 1.54) is 11.3 Å². The van der Waals surface area contributed by atoms with E-state index in [0.29, 0.717) is 0 Å². The zero-order chi connectivity index (χ0) is 13.1. The summed E-state index contributed by atoms with van der Waals surface area (Å²) in [6.45, 7) is 7.88. The van der Waals surface area contributed by atoms with Crippen molar-refractivity contribution in [3.63, 3.8) is 0 Å². The molecule has 2 aromatic rings. The van der Waals surface area contributed by atoms with Crippen molar-refractivity contribution in [2.45, 2.75) is 40.3 Å². The maximum Gasteiger partial charge on any atom is 0.145 e. The number of hydrogen-bond donors (Lipinski definition) is 1. The van der Waals surface area contributed by atoms with E-state index < -0.39 is 0 Å². The predicted octanol–water partition coefficient (Wildman–Crippen LogP) is 1.65. The molecule has 0 atom stereocenters. The summed E-state index contributed by atoms with van der Waals surface area (Å²) in [5.74, 6) is 0.958. The number of nitrogens with zero attached hydrogens (tertiary/aromatic N) is 5. The molecule has 1 N–H and O–H groups in total.